The average Bonchev–Trinajstić information content (AvgIpc) is 3.72. The summed E-state index contributed by atoms with van der Waals surface area (Å²) < 4.78 is 49.9. The molecule has 2 N–H and O–H groups in total. The van der Waals surface area contributed by atoms with Gasteiger partial charge in [0.05, 0.1) is 41.1 Å². The summed E-state index contributed by atoms with van der Waals surface area (Å²) in [6, 6.07) is 9.78. The van der Waals surface area contributed by atoms with Crippen LogP contribution >= 0.6 is 0 Å². The van der Waals surface area contributed by atoms with Crippen molar-refractivity contribution in [3.8, 4) is 5.75 Å². The molecule has 1 aliphatic carbocycles. The number of anilines is 2. The number of methoxy groups -OCH3 is 1. The third-order valence-corrected chi connectivity index (χ3v) is 11.3. The molecule has 2 saturated heterocycles. The molecule has 5 aromatic rings. The van der Waals surface area contributed by atoms with Gasteiger partial charge in [0.25, 0.3) is 5.91 Å². The second-order valence-electron chi connectivity index (χ2n) is 14.7. The van der Waals surface area contributed by atoms with Gasteiger partial charge in [-0.3, -0.25) is 38.4 Å². The zero-order valence-corrected chi connectivity index (χ0v) is 30.9. The second kappa shape index (κ2) is 14.7. The lowest BCUT2D eigenvalue weighted by molar-refractivity contribution is -0.145. The number of hydrogen-bond acceptors (Lipinski definition) is 10. The van der Waals surface area contributed by atoms with E-state index in [1.54, 1.807) is 23.7 Å². The molecule has 2 aliphatic heterocycles. The monoisotopic (exact) mass is 774 g/mol. The van der Waals surface area contributed by atoms with E-state index in [-0.39, 0.29) is 29.7 Å². The molecule has 18 heteroatoms. The van der Waals surface area contributed by atoms with Crippen LogP contribution in [0.5, 0.6) is 5.75 Å². The van der Waals surface area contributed by atoms with Gasteiger partial charge in [0, 0.05) is 70.0 Å². The largest absolute Gasteiger partial charge is 0.494 e. The highest BCUT2D eigenvalue weighted by molar-refractivity contribution is 6.05. The number of hydrogen-bond donors (Lipinski definition) is 2. The lowest BCUT2D eigenvalue weighted by atomic mass is 9.85. The summed E-state index contributed by atoms with van der Waals surface area (Å²) in [5, 5.41) is 10.6. The van der Waals surface area contributed by atoms with Crippen LogP contribution in [0.1, 0.15) is 66.9 Å². The first kappa shape index (κ1) is 37.2. The van der Waals surface area contributed by atoms with Gasteiger partial charge in [-0.05, 0) is 62.3 Å². The number of piperidine rings is 1. The Bertz CT molecular complexity index is 2390. The number of nitrogens with one attached hydrogen (secondary N) is 2. The van der Waals surface area contributed by atoms with Gasteiger partial charge in [-0.1, -0.05) is 6.07 Å². The van der Waals surface area contributed by atoms with Gasteiger partial charge in [0.1, 0.15) is 17.5 Å². The smallest absolute Gasteiger partial charge is 0.451 e. The van der Waals surface area contributed by atoms with Crippen LogP contribution in [0.3, 0.4) is 0 Å². The van der Waals surface area contributed by atoms with Crippen LogP contribution in [0.15, 0.2) is 53.6 Å². The number of ether oxygens (including phenoxy) is 1. The Morgan fingerprint density at radius 2 is 1.79 bits per heavy atom. The van der Waals surface area contributed by atoms with E-state index in [0.29, 0.717) is 29.1 Å². The average molecular weight is 775 g/mol. The number of fused-ring (bicyclic) bond motifs is 2. The predicted octanol–water partition coefficient (Wildman–Crippen LogP) is 4.29. The molecule has 8 rings (SSSR count). The first-order valence-electron chi connectivity index (χ1n) is 18.7. The number of halogens is 3. The molecule has 3 aromatic heterocycles. The fourth-order valence-electron chi connectivity index (χ4n) is 8.36. The maximum atomic E-state index is 13.4. The molecule has 1 atom stereocenters. The number of piperazine rings is 1. The zero-order valence-electron chi connectivity index (χ0n) is 30.9. The minimum absolute atomic E-state index is 0.192. The first-order chi connectivity index (χ1) is 26.9. The van der Waals surface area contributed by atoms with Gasteiger partial charge >= 0.3 is 11.9 Å². The number of nitrogens with zero attached hydrogens (tertiary/aromatic N) is 8. The molecule has 56 heavy (non-hydrogen) atoms. The molecule has 0 bridgehead atoms. The van der Waals surface area contributed by atoms with E-state index in [1.165, 1.54) is 11.7 Å². The Morgan fingerprint density at radius 1 is 1.02 bits per heavy atom. The normalized spacial score (nSPS) is 21.1. The third kappa shape index (κ3) is 7.08. The molecule has 0 radical (unpaired) electrons. The number of para-hydroxylation sites is 1. The van der Waals surface area contributed by atoms with E-state index in [4.69, 9.17) is 9.84 Å². The number of aryl methyl sites for hydroxylation is 1. The molecule has 1 saturated carbocycles. The highest BCUT2D eigenvalue weighted by Gasteiger charge is 2.36. The van der Waals surface area contributed by atoms with Crippen molar-refractivity contribution in [3.05, 3.63) is 70.8 Å². The lowest BCUT2D eigenvalue weighted by Gasteiger charge is -2.39. The van der Waals surface area contributed by atoms with Gasteiger partial charge < -0.3 is 15.0 Å². The van der Waals surface area contributed by atoms with Crippen LogP contribution in [0.25, 0.3) is 21.9 Å². The molecule has 15 nitrogen and oxygen atoms in total. The van der Waals surface area contributed by atoms with E-state index in [1.807, 2.05) is 29.1 Å². The van der Waals surface area contributed by atoms with Crippen molar-refractivity contribution in [1.82, 2.24) is 39.1 Å². The van der Waals surface area contributed by atoms with Crippen LogP contribution < -0.4 is 26.0 Å². The van der Waals surface area contributed by atoms with Crippen molar-refractivity contribution in [2.24, 2.45) is 13.0 Å². The van der Waals surface area contributed by atoms with E-state index < -0.39 is 35.6 Å². The van der Waals surface area contributed by atoms with Crippen LogP contribution in [0, 0.1) is 5.92 Å². The van der Waals surface area contributed by atoms with E-state index >= 15 is 0 Å². The number of amides is 3. The Hall–Kier alpha value is -5.78. The summed E-state index contributed by atoms with van der Waals surface area (Å²) in [5.74, 6) is -2.13. The minimum atomic E-state index is -4.78. The summed E-state index contributed by atoms with van der Waals surface area (Å²) in [5.41, 5.74) is 2.68. The fourth-order valence-corrected chi connectivity index (χ4v) is 8.36. The van der Waals surface area contributed by atoms with Crippen molar-refractivity contribution in [2.75, 3.05) is 50.1 Å². The minimum Gasteiger partial charge on any atom is -0.494 e. The van der Waals surface area contributed by atoms with Crippen molar-refractivity contribution in [1.29, 1.82) is 0 Å². The van der Waals surface area contributed by atoms with Crippen molar-refractivity contribution in [2.45, 2.75) is 56.8 Å². The molecule has 2 aromatic carbocycles. The third-order valence-electron chi connectivity index (χ3n) is 11.3. The fraction of sp³-hybridized carbons (Fsp3) is 0.447. The highest BCUT2D eigenvalue weighted by atomic mass is 19.4. The van der Waals surface area contributed by atoms with Crippen LogP contribution in [0.2, 0.25) is 0 Å². The quantitative estimate of drug-likeness (QED) is 0.218. The van der Waals surface area contributed by atoms with Crippen molar-refractivity contribution in [3.63, 3.8) is 0 Å². The summed E-state index contributed by atoms with van der Waals surface area (Å²) >= 11 is 0. The Morgan fingerprint density at radius 3 is 2.50 bits per heavy atom. The molecule has 3 fully saturated rings. The number of carbonyl (C=O) groups is 3. The maximum Gasteiger partial charge on any atom is 0.451 e. The summed E-state index contributed by atoms with van der Waals surface area (Å²) in [6.07, 6.45) is 2.51. The van der Waals surface area contributed by atoms with Gasteiger partial charge in [-0.2, -0.15) is 18.3 Å². The molecule has 5 heterocycles. The molecule has 0 spiro atoms. The molecule has 3 amide bonds. The van der Waals surface area contributed by atoms with Gasteiger partial charge in [0.2, 0.25) is 17.6 Å². The van der Waals surface area contributed by atoms with Gasteiger partial charge in [-0.15, -0.1) is 0 Å². The number of aromatic nitrogens is 6. The highest BCUT2D eigenvalue weighted by Crippen LogP contribution is 2.36. The molecular weight excluding hydrogens is 733 g/mol. The first-order valence-corrected chi connectivity index (χ1v) is 18.7. The molecule has 294 valence electrons. The Labute approximate surface area is 318 Å². The standard InChI is InChI=1S/C38H41F3N10O5/c1-47-33-28(4-3-5-29(33)51(37(47)55)30-10-11-32(52)45-35(30)54)49-16-14-48(15-17-49)20-22-6-8-24(9-7-22)50-21-23-18-27(31(56-2)19-26(23)46-50)43-34(53)25-12-13-42-36(44-25)38(39,40)41/h3-5,12-13,18-19,21-22,24,30H,6-11,14-17,20H2,1-2H3,(H,43,53)(H,45,52,54). The molecule has 1 unspecified atom stereocenters. The lowest BCUT2D eigenvalue weighted by Crippen LogP contribution is -2.48. The number of benzene rings is 2. The number of rotatable bonds is 8. The molecule has 3 aliphatic rings. The Kier molecular flexibility index (Phi) is 9.76. The summed E-state index contributed by atoms with van der Waals surface area (Å²) in [7, 11) is 3.17. The number of imide groups is 1. The van der Waals surface area contributed by atoms with Crippen molar-refractivity contribution < 1.29 is 32.3 Å². The number of alkyl halides is 3. The topological polar surface area (TPSA) is 162 Å². The summed E-state index contributed by atoms with van der Waals surface area (Å²) in [4.78, 5) is 62.1. The van der Waals surface area contributed by atoms with Crippen LogP contribution in [0.4, 0.5) is 24.5 Å². The van der Waals surface area contributed by atoms with E-state index in [0.717, 1.165) is 87.3 Å². The number of carbonyl (C=O) groups excluding carboxylic acids is 3. The Balaban J connectivity index is 0.877. The van der Waals surface area contributed by atoms with Gasteiger partial charge in [-0.25, -0.2) is 14.8 Å². The SMILES string of the molecule is COc1cc2nn(C3CCC(CN4CCN(c5cccc6c5n(C)c(=O)n6C5CCC(=O)NC5=O)CC4)CC3)cc2cc1NC(=O)c1ccnc(C(F)(F)F)n1. The summed E-state index contributed by atoms with van der Waals surface area (Å²) in [6.45, 7) is 4.35. The van der Waals surface area contributed by atoms with E-state index in [9.17, 15) is 32.3 Å². The number of imidazole rings is 1. The zero-order chi connectivity index (χ0) is 39.3. The van der Waals surface area contributed by atoms with E-state index in [2.05, 4.69) is 30.4 Å². The van der Waals surface area contributed by atoms with Crippen LogP contribution in [-0.4, -0.2) is 91.3 Å². The molecular formula is C38H41F3N10O5. The van der Waals surface area contributed by atoms with Gasteiger partial charge in [0.15, 0.2) is 0 Å². The van der Waals surface area contributed by atoms with Crippen molar-refractivity contribution >= 4 is 51.0 Å². The maximum absolute atomic E-state index is 13.4. The predicted molar refractivity (Wildman–Crippen MR) is 200 cm³/mol. The second-order valence-corrected chi connectivity index (χ2v) is 14.7. The van der Waals surface area contributed by atoms with Crippen LogP contribution in [-0.2, 0) is 22.8 Å².